The molecular formula is C19H34O7S. The third-order valence-corrected chi connectivity index (χ3v) is 5.29. The summed E-state index contributed by atoms with van der Waals surface area (Å²) in [4.78, 5) is 22.8. The van der Waals surface area contributed by atoms with Crippen molar-refractivity contribution in [3.05, 3.63) is 11.1 Å². The standard InChI is InChI=1S/C19H34O7S/c1-2-3-4-5-6-7-8-9-10-11-13-16(18(20)21)17(19(22)23)14-12-15-27(24,25)26/h2-15H2,1H3,(H,20,21)(H,22,23)(H,24,25,26)/b17-16-. The maximum absolute atomic E-state index is 11.4. The SMILES string of the molecule is CCCCCCCCCCCC/C(C(=O)O)=C(\CCCS(=O)(=O)O)C(=O)O. The van der Waals surface area contributed by atoms with E-state index in [4.69, 9.17) is 4.55 Å². The second-order valence-corrected chi connectivity index (χ2v) is 8.46. The van der Waals surface area contributed by atoms with E-state index in [-0.39, 0.29) is 30.4 Å². The highest BCUT2D eigenvalue weighted by atomic mass is 32.2. The van der Waals surface area contributed by atoms with E-state index in [1.54, 1.807) is 0 Å². The molecule has 0 fully saturated rings. The van der Waals surface area contributed by atoms with Crippen molar-refractivity contribution < 1.29 is 32.8 Å². The molecule has 0 aromatic rings. The molecule has 8 heteroatoms. The normalized spacial score (nSPS) is 12.7. The smallest absolute Gasteiger partial charge is 0.332 e. The van der Waals surface area contributed by atoms with E-state index < -0.39 is 27.8 Å². The predicted octanol–water partition coefficient (Wildman–Crippen LogP) is 4.43. The van der Waals surface area contributed by atoms with Gasteiger partial charge in [0.2, 0.25) is 0 Å². The van der Waals surface area contributed by atoms with Gasteiger partial charge in [-0.15, -0.1) is 0 Å². The first kappa shape index (κ1) is 25.6. The Morgan fingerprint density at radius 2 is 1.04 bits per heavy atom. The van der Waals surface area contributed by atoms with Gasteiger partial charge in [0, 0.05) is 11.1 Å². The van der Waals surface area contributed by atoms with Gasteiger partial charge in [0.15, 0.2) is 0 Å². The van der Waals surface area contributed by atoms with Crippen LogP contribution in [0.3, 0.4) is 0 Å². The first-order valence-corrected chi connectivity index (χ1v) is 11.4. The quantitative estimate of drug-likeness (QED) is 0.185. The second-order valence-electron chi connectivity index (χ2n) is 6.89. The van der Waals surface area contributed by atoms with Crippen molar-refractivity contribution in [3.8, 4) is 0 Å². The molecule has 0 aliphatic heterocycles. The molecule has 0 saturated heterocycles. The molecule has 0 aromatic carbocycles. The molecule has 158 valence electrons. The zero-order valence-electron chi connectivity index (χ0n) is 16.3. The number of rotatable bonds is 17. The molecule has 0 heterocycles. The lowest BCUT2D eigenvalue weighted by atomic mass is 9.97. The molecule has 0 spiro atoms. The summed E-state index contributed by atoms with van der Waals surface area (Å²) in [7, 11) is -4.19. The molecule has 0 atom stereocenters. The summed E-state index contributed by atoms with van der Waals surface area (Å²) >= 11 is 0. The Morgan fingerprint density at radius 1 is 0.667 bits per heavy atom. The highest BCUT2D eigenvalue weighted by Gasteiger charge is 2.20. The first-order chi connectivity index (χ1) is 12.7. The number of hydrogen-bond donors (Lipinski definition) is 3. The van der Waals surface area contributed by atoms with Gasteiger partial charge in [0.05, 0.1) is 5.75 Å². The Kier molecular flexibility index (Phi) is 13.9. The van der Waals surface area contributed by atoms with E-state index >= 15 is 0 Å². The van der Waals surface area contributed by atoms with Crippen LogP contribution in [0.1, 0.15) is 90.4 Å². The summed E-state index contributed by atoms with van der Waals surface area (Å²) in [6.07, 6.45) is 10.8. The van der Waals surface area contributed by atoms with E-state index in [0.29, 0.717) is 6.42 Å². The van der Waals surface area contributed by atoms with Gasteiger partial charge >= 0.3 is 11.9 Å². The zero-order valence-corrected chi connectivity index (χ0v) is 17.1. The third kappa shape index (κ3) is 14.3. The number of aliphatic carboxylic acids is 2. The average Bonchev–Trinajstić information content (AvgIpc) is 2.56. The van der Waals surface area contributed by atoms with Crippen LogP contribution >= 0.6 is 0 Å². The van der Waals surface area contributed by atoms with Crippen molar-refractivity contribution >= 4 is 22.1 Å². The number of hydrogen-bond acceptors (Lipinski definition) is 4. The minimum absolute atomic E-state index is 0.130. The zero-order chi connectivity index (χ0) is 20.7. The lowest BCUT2D eigenvalue weighted by molar-refractivity contribution is -0.136. The van der Waals surface area contributed by atoms with Gasteiger partial charge in [-0.25, -0.2) is 9.59 Å². The molecule has 0 bridgehead atoms. The van der Waals surface area contributed by atoms with Crippen molar-refractivity contribution in [2.24, 2.45) is 0 Å². The number of carboxylic acids is 2. The van der Waals surface area contributed by atoms with Crippen LogP contribution in [-0.2, 0) is 19.7 Å². The van der Waals surface area contributed by atoms with Crippen molar-refractivity contribution in [1.82, 2.24) is 0 Å². The maximum Gasteiger partial charge on any atom is 0.332 e. The van der Waals surface area contributed by atoms with Crippen LogP contribution in [0, 0.1) is 0 Å². The average molecular weight is 407 g/mol. The summed E-state index contributed by atoms with van der Waals surface area (Å²) in [5, 5.41) is 18.6. The summed E-state index contributed by atoms with van der Waals surface area (Å²) in [5.74, 6) is -3.22. The lowest BCUT2D eigenvalue weighted by Gasteiger charge is -2.09. The minimum atomic E-state index is -4.19. The Bertz CT molecular complexity index is 579. The predicted molar refractivity (Wildman–Crippen MR) is 104 cm³/mol. The van der Waals surface area contributed by atoms with Crippen molar-refractivity contribution in [3.63, 3.8) is 0 Å². The number of carbonyl (C=O) groups is 2. The van der Waals surface area contributed by atoms with Crippen LogP contribution in [0.5, 0.6) is 0 Å². The Balaban J connectivity index is 4.35. The molecule has 0 aliphatic rings. The van der Waals surface area contributed by atoms with Gasteiger partial charge in [-0.3, -0.25) is 4.55 Å². The summed E-state index contributed by atoms with van der Waals surface area (Å²) in [6, 6.07) is 0. The fourth-order valence-corrected chi connectivity index (χ4v) is 3.50. The Morgan fingerprint density at radius 3 is 1.41 bits per heavy atom. The molecule has 3 N–H and O–H groups in total. The summed E-state index contributed by atoms with van der Waals surface area (Å²) in [5.41, 5.74) is -0.445. The third-order valence-electron chi connectivity index (χ3n) is 4.49. The summed E-state index contributed by atoms with van der Waals surface area (Å²) in [6.45, 7) is 2.18. The van der Waals surface area contributed by atoms with Crippen LogP contribution < -0.4 is 0 Å². The molecule has 0 aliphatic carbocycles. The molecule has 0 amide bonds. The topological polar surface area (TPSA) is 129 Å². The Hall–Kier alpha value is -1.41. The van der Waals surface area contributed by atoms with Gasteiger partial charge in [-0.2, -0.15) is 8.42 Å². The molecule has 0 saturated carbocycles. The van der Waals surface area contributed by atoms with E-state index in [2.05, 4.69) is 6.92 Å². The van der Waals surface area contributed by atoms with E-state index in [0.717, 1.165) is 19.3 Å². The largest absolute Gasteiger partial charge is 0.478 e. The number of unbranched alkanes of at least 4 members (excludes halogenated alkanes) is 9. The molecule has 0 rings (SSSR count). The molecular weight excluding hydrogens is 372 g/mol. The van der Waals surface area contributed by atoms with Crippen LogP contribution in [0.25, 0.3) is 0 Å². The van der Waals surface area contributed by atoms with Gasteiger partial charge in [0.25, 0.3) is 10.1 Å². The highest BCUT2D eigenvalue weighted by molar-refractivity contribution is 7.85. The molecule has 0 radical (unpaired) electrons. The fourth-order valence-electron chi connectivity index (χ4n) is 2.99. The number of carboxylic acid groups (broad SMARTS) is 2. The van der Waals surface area contributed by atoms with Crippen LogP contribution in [0.2, 0.25) is 0 Å². The second kappa shape index (κ2) is 14.6. The van der Waals surface area contributed by atoms with E-state index in [1.807, 2.05) is 0 Å². The van der Waals surface area contributed by atoms with Crippen LogP contribution in [0.15, 0.2) is 11.1 Å². The van der Waals surface area contributed by atoms with Gasteiger partial charge in [-0.05, 0) is 25.7 Å². The minimum Gasteiger partial charge on any atom is -0.478 e. The van der Waals surface area contributed by atoms with Gasteiger partial charge in [-0.1, -0.05) is 64.7 Å². The maximum atomic E-state index is 11.4. The van der Waals surface area contributed by atoms with Crippen LogP contribution in [-0.4, -0.2) is 40.9 Å². The van der Waals surface area contributed by atoms with Crippen molar-refractivity contribution in [2.75, 3.05) is 5.75 Å². The Labute approximate surface area is 162 Å². The fraction of sp³-hybridized carbons (Fsp3) is 0.789. The van der Waals surface area contributed by atoms with E-state index in [1.165, 1.54) is 38.5 Å². The first-order valence-electron chi connectivity index (χ1n) is 9.82. The van der Waals surface area contributed by atoms with Crippen molar-refractivity contribution in [1.29, 1.82) is 0 Å². The van der Waals surface area contributed by atoms with Crippen LogP contribution in [0.4, 0.5) is 0 Å². The van der Waals surface area contributed by atoms with Gasteiger partial charge < -0.3 is 10.2 Å². The molecule has 27 heavy (non-hydrogen) atoms. The molecule has 7 nitrogen and oxygen atoms in total. The molecule has 0 unspecified atom stereocenters. The van der Waals surface area contributed by atoms with E-state index in [9.17, 15) is 28.2 Å². The molecule has 0 aromatic heterocycles. The van der Waals surface area contributed by atoms with Crippen molar-refractivity contribution in [2.45, 2.75) is 90.4 Å². The summed E-state index contributed by atoms with van der Waals surface area (Å²) < 4.78 is 30.2. The highest BCUT2D eigenvalue weighted by Crippen LogP contribution is 2.20. The lowest BCUT2D eigenvalue weighted by Crippen LogP contribution is -2.13. The van der Waals surface area contributed by atoms with Gasteiger partial charge in [0.1, 0.15) is 0 Å². The monoisotopic (exact) mass is 406 g/mol.